The Bertz CT molecular complexity index is 2470. The van der Waals surface area contributed by atoms with Crippen molar-refractivity contribution < 1.29 is 114 Å². The Kier molecular flexibility index (Phi) is 27.2. The van der Waals surface area contributed by atoms with E-state index in [0.29, 0.717) is 12.8 Å². The van der Waals surface area contributed by atoms with E-state index in [1.807, 2.05) is 128 Å². The number of rotatable bonds is 30. The molecular weight excluding hydrogens is 1050 g/mol. The van der Waals surface area contributed by atoms with E-state index in [2.05, 4.69) is 5.32 Å². The number of hydrogen-bond donors (Lipinski definition) is 2. The Morgan fingerprint density at radius 3 is 1.67 bits per heavy atom. The van der Waals surface area contributed by atoms with Crippen LogP contribution >= 0.6 is 0 Å². The number of nitrogens with one attached hydrogen (secondary N) is 1. The molecule has 14 atom stereocenters. The van der Waals surface area contributed by atoms with Crippen molar-refractivity contribution in [3.63, 3.8) is 0 Å². The summed E-state index contributed by atoms with van der Waals surface area (Å²) in [4.78, 5) is 25.1. The summed E-state index contributed by atoms with van der Waals surface area (Å²) in [6.45, 7) is 5.50. The third-order valence-corrected chi connectivity index (χ3v) is 14.2. The minimum atomic E-state index is -5.28. The van der Waals surface area contributed by atoms with Gasteiger partial charge in [0.1, 0.15) is 54.9 Å². The molecule has 0 bridgehead atoms. The number of benzene rings is 4. The first-order valence-corrected chi connectivity index (χ1v) is 28.2. The number of aliphatic hydroxyl groups is 1. The van der Waals surface area contributed by atoms with E-state index in [1.165, 1.54) is 14.0 Å². The van der Waals surface area contributed by atoms with Crippen molar-refractivity contribution in [2.24, 2.45) is 0 Å². The van der Waals surface area contributed by atoms with Crippen LogP contribution in [0, 0.1) is 0 Å². The third kappa shape index (κ3) is 20.9. The van der Waals surface area contributed by atoms with Crippen LogP contribution in [-0.4, -0.2) is 136 Å². The summed E-state index contributed by atoms with van der Waals surface area (Å²) in [7, 11) is -3.90. The third-order valence-electron chi connectivity index (χ3n) is 13.7. The first-order valence-electron chi connectivity index (χ1n) is 26.9. The maximum atomic E-state index is 13.5. The van der Waals surface area contributed by atoms with Crippen molar-refractivity contribution in [1.82, 2.24) is 5.32 Å². The number of esters is 1. The van der Waals surface area contributed by atoms with Gasteiger partial charge in [-0.1, -0.05) is 147 Å². The Balaban J connectivity index is 0.0000101. The zero-order valence-corrected chi connectivity index (χ0v) is 48.6. The summed E-state index contributed by atoms with van der Waals surface area (Å²) in [6, 6.07) is 37.3. The minimum absolute atomic E-state index is 0. The van der Waals surface area contributed by atoms with Gasteiger partial charge in [0.25, 0.3) is 0 Å². The molecule has 4 aromatic rings. The Morgan fingerprint density at radius 2 is 1.13 bits per heavy atom. The van der Waals surface area contributed by atoms with Gasteiger partial charge in [0, 0.05) is 26.4 Å². The van der Waals surface area contributed by atoms with Gasteiger partial charge in [0.15, 0.2) is 18.9 Å². The van der Waals surface area contributed by atoms with E-state index in [4.69, 9.17) is 56.3 Å². The minimum Gasteiger partial charge on any atom is -0.726 e. The molecule has 21 heteroatoms. The van der Waals surface area contributed by atoms with Gasteiger partial charge in [-0.3, -0.25) is 13.8 Å². The van der Waals surface area contributed by atoms with Gasteiger partial charge in [-0.05, 0) is 48.9 Å². The zero-order valence-electron chi connectivity index (χ0n) is 45.8. The summed E-state index contributed by atoms with van der Waals surface area (Å²) < 4.78 is 113. The first-order chi connectivity index (χ1) is 37.7. The van der Waals surface area contributed by atoms with Crippen LogP contribution in [0.3, 0.4) is 0 Å². The fraction of sp³-hybridized carbons (Fsp3) is 0.552. The topological polar surface area (TPSA) is 234 Å². The molecule has 1 amide bonds. The number of carbonyl (C=O) groups excluding carboxylic acids is 2. The second kappa shape index (κ2) is 33.4. The van der Waals surface area contributed by atoms with Crippen LogP contribution in [0.2, 0.25) is 0 Å². The van der Waals surface area contributed by atoms with Gasteiger partial charge >= 0.3 is 35.5 Å². The number of hydrogen-bond acceptors (Lipinski definition) is 18. The van der Waals surface area contributed by atoms with Gasteiger partial charge in [-0.25, -0.2) is 8.42 Å². The van der Waals surface area contributed by atoms with E-state index in [-0.39, 0.29) is 81.6 Å². The number of ether oxygens (including phenoxy) is 11. The molecule has 3 aliphatic heterocycles. The summed E-state index contributed by atoms with van der Waals surface area (Å²) in [5.74, 6) is -0.707. The van der Waals surface area contributed by atoms with Crippen molar-refractivity contribution in [3.05, 3.63) is 144 Å². The summed E-state index contributed by atoms with van der Waals surface area (Å²) in [6.07, 6.45) is -10.3. The van der Waals surface area contributed by atoms with Crippen LogP contribution in [-0.2, 0) is 103 Å². The molecule has 0 aromatic heterocycles. The second-order valence-electron chi connectivity index (χ2n) is 19.9. The maximum Gasteiger partial charge on any atom is 1.00 e. The van der Waals surface area contributed by atoms with Crippen molar-refractivity contribution in [3.8, 4) is 0 Å². The summed E-state index contributed by atoms with van der Waals surface area (Å²) >= 11 is 0. The molecule has 428 valence electrons. The Hall–Kier alpha value is -3.75. The predicted octanol–water partition coefficient (Wildman–Crippen LogP) is 3.97. The van der Waals surface area contributed by atoms with E-state index < -0.39 is 102 Å². The van der Waals surface area contributed by atoms with E-state index >= 15 is 0 Å². The molecule has 0 unspecified atom stereocenters. The standard InChI is InChI=1S/C58H77NO18S.Na/c1-39-33-46(77-78(63,64)65)50(62)57(72-39)75-52-47(38-67-34-42-23-13-9-14-24-42)74-56(68-32-22-8-6-5-7-21-31-48(61)66-4)49(59-41(3)60)53(52)76-58-55(71-37-45-29-19-12-20-30-45)54(70-36-44-27-17-11-18-28-44)51(40(2)73-58)69-35-43-25-15-10-16-26-43;/h9-20,23-30,39-40,46-47,49-58,62H,5-8,21-22,31-38H2,1-4H3,(H,59,60)(H,63,64,65);/q;+1/p-1/t39-,40+,46+,47-,49-,50-,51-,52-,53-,54-,55+,56-,57+,58+;/m1./s1. The molecule has 3 aliphatic rings. The number of methoxy groups -OCH3 is 1. The Labute approximate surface area is 486 Å². The normalized spacial score (nSPS) is 28.1. The van der Waals surface area contributed by atoms with Gasteiger partial charge in [-0.15, -0.1) is 0 Å². The van der Waals surface area contributed by atoms with Gasteiger partial charge < -0.3 is 67.1 Å². The SMILES string of the molecule is COC(=O)CCCCCCCCO[C@@H]1O[C@H](COCc2ccccc2)[C@@H](O[C@@H]2O[C@H](C)C[C@H](OS(=O)(=O)[O-])[C@H]2O)[C@H](O[C@@H]2O[C@@H](C)[C@@H](OCc3ccccc3)[C@@H](OCc3ccccc3)[C@@H]2OCc2ccccc2)[C@H]1NC(C)=O.[Na+]. The number of carbonyl (C=O) groups is 2. The van der Waals surface area contributed by atoms with Crippen molar-refractivity contribution in [2.45, 2.75) is 185 Å². The zero-order chi connectivity index (χ0) is 55.3. The molecule has 0 spiro atoms. The molecule has 3 saturated heterocycles. The molecule has 7 rings (SSSR count). The van der Waals surface area contributed by atoms with Crippen LogP contribution in [0.4, 0.5) is 0 Å². The summed E-state index contributed by atoms with van der Waals surface area (Å²) in [5.41, 5.74) is 3.53. The first kappa shape index (κ1) is 64.4. The smallest absolute Gasteiger partial charge is 0.726 e. The van der Waals surface area contributed by atoms with Crippen molar-refractivity contribution >= 4 is 22.3 Å². The molecule has 79 heavy (non-hydrogen) atoms. The van der Waals surface area contributed by atoms with Crippen LogP contribution < -0.4 is 34.9 Å². The Morgan fingerprint density at radius 1 is 0.620 bits per heavy atom. The van der Waals surface area contributed by atoms with Gasteiger partial charge in [0.2, 0.25) is 16.3 Å². The average Bonchev–Trinajstić information content (AvgIpc) is 3.47. The van der Waals surface area contributed by atoms with Crippen LogP contribution in [0.25, 0.3) is 0 Å². The van der Waals surface area contributed by atoms with Crippen LogP contribution in [0.1, 0.15) is 94.4 Å². The maximum absolute atomic E-state index is 13.5. The van der Waals surface area contributed by atoms with Crippen LogP contribution in [0.15, 0.2) is 121 Å². The number of aliphatic hydroxyl groups excluding tert-OH is 1. The molecule has 3 fully saturated rings. The second-order valence-corrected chi connectivity index (χ2v) is 20.9. The van der Waals surface area contributed by atoms with Gasteiger partial charge in [-0.2, -0.15) is 0 Å². The average molecular weight is 1130 g/mol. The monoisotopic (exact) mass is 1130 g/mol. The number of unbranched alkanes of at least 4 members (excludes halogenated alkanes) is 5. The fourth-order valence-corrected chi connectivity index (χ4v) is 10.3. The van der Waals surface area contributed by atoms with E-state index in [1.54, 1.807) is 6.92 Å². The fourth-order valence-electron chi connectivity index (χ4n) is 9.80. The molecule has 0 radical (unpaired) electrons. The molecule has 4 aromatic carbocycles. The van der Waals surface area contributed by atoms with E-state index in [9.17, 15) is 27.7 Å². The summed E-state index contributed by atoms with van der Waals surface area (Å²) in [5, 5.41) is 14.7. The quantitative estimate of drug-likeness (QED) is 0.0247. The molecule has 3 heterocycles. The van der Waals surface area contributed by atoms with E-state index in [0.717, 1.165) is 54.4 Å². The number of amides is 1. The molecule has 19 nitrogen and oxygen atoms in total. The molecular formula is C58H76NNaO18S. The predicted molar refractivity (Wildman–Crippen MR) is 281 cm³/mol. The van der Waals surface area contributed by atoms with Crippen molar-refractivity contribution in [2.75, 3.05) is 20.3 Å². The largest absolute Gasteiger partial charge is 1.00 e. The van der Waals surface area contributed by atoms with Crippen molar-refractivity contribution in [1.29, 1.82) is 0 Å². The molecule has 0 saturated carbocycles. The molecule has 0 aliphatic carbocycles. The van der Waals surface area contributed by atoms with Crippen LogP contribution in [0.5, 0.6) is 0 Å². The molecule has 2 N–H and O–H groups in total. The van der Waals surface area contributed by atoms with Gasteiger partial charge in [0.05, 0.1) is 52.4 Å².